The number of hydrogen-bond donors (Lipinski definition) is 2. The number of benzene rings is 1. The quantitative estimate of drug-likeness (QED) is 0.832. The smallest absolute Gasteiger partial charge is 0.123 e. The summed E-state index contributed by atoms with van der Waals surface area (Å²) in [7, 11) is 1.66. The monoisotopic (exact) mass is 280 g/mol. The van der Waals surface area contributed by atoms with E-state index < -0.39 is 0 Å². The zero-order valence-corrected chi connectivity index (χ0v) is 12.2. The van der Waals surface area contributed by atoms with E-state index in [2.05, 4.69) is 11.0 Å². The van der Waals surface area contributed by atoms with E-state index in [1.54, 1.807) is 7.11 Å². The van der Waals surface area contributed by atoms with Crippen LogP contribution >= 0.6 is 0 Å². The molecule has 2 rings (SSSR count). The molecule has 0 radical (unpaired) electrons. The maximum Gasteiger partial charge on any atom is 0.123 e. The second-order valence-corrected chi connectivity index (χ2v) is 5.30. The van der Waals surface area contributed by atoms with Gasteiger partial charge in [0.15, 0.2) is 0 Å². The first kappa shape index (κ1) is 15.3. The number of aliphatic hydroxyl groups is 1. The van der Waals surface area contributed by atoms with Crippen molar-refractivity contribution in [1.29, 1.82) is 0 Å². The minimum absolute atomic E-state index is 0.0657. The average molecular weight is 280 g/mol. The molecule has 5 nitrogen and oxygen atoms in total. The van der Waals surface area contributed by atoms with Crippen LogP contribution in [0.1, 0.15) is 18.1 Å². The summed E-state index contributed by atoms with van der Waals surface area (Å²) in [5.41, 5.74) is 7.88. The zero-order chi connectivity index (χ0) is 14.5. The number of rotatable bonds is 5. The van der Waals surface area contributed by atoms with Crippen LogP contribution in [0.5, 0.6) is 5.75 Å². The number of hydrogen-bond acceptors (Lipinski definition) is 5. The zero-order valence-electron chi connectivity index (χ0n) is 12.2. The summed E-state index contributed by atoms with van der Waals surface area (Å²) in [6.45, 7) is 5.03. The number of ether oxygens (including phenoxy) is 2. The molecule has 1 aromatic rings. The number of methoxy groups -OCH3 is 1. The minimum Gasteiger partial charge on any atom is -0.496 e. The third-order valence-corrected chi connectivity index (χ3v) is 3.58. The lowest BCUT2D eigenvalue weighted by Gasteiger charge is -2.36. The third kappa shape index (κ3) is 3.70. The Balaban J connectivity index is 2.05. The number of nitrogens with zero attached hydrogens (tertiary/aromatic N) is 1. The summed E-state index contributed by atoms with van der Waals surface area (Å²) in [6.07, 6.45) is 0.0510. The Labute approximate surface area is 120 Å². The second-order valence-electron chi connectivity index (χ2n) is 5.30. The SMILES string of the molecule is COc1cc(CN2CC(C)OC(CO)C2)ccc1CN. The van der Waals surface area contributed by atoms with E-state index in [-0.39, 0.29) is 18.8 Å². The van der Waals surface area contributed by atoms with Crippen molar-refractivity contribution in [1.82, 2.24) is 4.90 Å². The van der Waals surface area contributed by atoms with Crippen molar-refractivity contribution in [3.05, 3.63) is 29.3 Å². The van der Waals surface area contributed by atoms with Gasteiger partial charge in [-0.25, -0.2) is 0 Å². The van der Waals surface area contributed by atoms with Gasteiger partial charge < -0.3 is 20.3 Å². The first-order valence-corrected chi connectivity index (χ1v) is 7.00. The molecular formula is C15H24N2O3. The Morgan fingerprint density at radius 2 is 2.25 bits per heavy atom. The van der Waals surface area contributed by atoms with Crippen LogP contribution in [0.3, 0.4) is 0 Å². The van der Waals surface area contributed by atoms with Crippen molar-refractivity contribution in [2.24, 2.45) is 5.73 Å². The normalized spacial score (nSPS) is 23.8. The number of aliphatic hydroxyl groups excluding tert-OH is 1. The highest BCUT2D eigenvalue weighted by atomic mass is 16.5. The lowest BCUT2D eigenvalue weighted by atomic mass is 10.1. The molecule has 1 fully saturated rings. The van der Waals surface area contributed by atoms with E-state index in [9.17, 15) is 5.11 Å². The number of morpholine rings is 1. The molecule has 0 saturated carbocycles. The third-order valence-electron chi connectivity index (χ3n) is 3.58. The van der Waals surface area contributed by atoms with Crippen molar-refractivity contribution in [2.45, 2.75) is 32.2 Å². The fraction of sp³-hybridized carbons (Fsp3) is 0.600. The Morgan fingerprint density at radius 1 is 1.45 bits per heavy atom. The molecule has 1 heterocycles. The molecule has 2 unspecified atom stereocenters. The van der Waals surface area contributed by atoms with E-state index in [0.29, 0.717) is 6.54 Å². The Hall–Kier alpha value is -1.14. The summed E-state index contributed by atoms with van der Waals surface area (Å²) < 4.78 is 11.0. The molecule has 0 bridgehead atoms. The lowest BCUT2D eigenvalue weighted by molar-refractivity contribution is -0.0972. The molecule has 0 aromatic heterocycles. The Kier molecular flexibility index (Phi) is 5.37. The van der Waals surface area contributed by atoms with Crippen LogP contribution in [0, 0.1) is 0 Å². The molecule has 1 aliphatic heterocycles. The topological polar surface area (TPSA) is 68.0 Å². The highest BCUT2D eigenvalue weighted by molar-refractivity contribution is 5.37. The van der Waals surface area contributed by atoms with Crippen LogP contribution in [0.15, 0.2) is 18.2 Å². The van der Waals surface area contributed by atoms with Gasteiger partial charge in [-0.2, -0.15) is 0 Å². The van der Waals surface area contributed by atoms with Gasteiger partial charge in [0.2, 0.25) is 0 Å². The predicted molar refractivity (Wildman–Crippen MR) is 77.6 cm³/mol. The summed E-state index contributed by atoms with van der Waals surface area (Å²) in [4.78, 5) is 2.30. The maximum atomic E-state index is 9.26. The average Bonchev–Trinajstić information content (AvgIpc) is 2.46. The molecule has 20 heavy (non-hydrogen) atoms. The van der Waals surface area contributed by atoms with Gasteiger partial charge in [-0.3, -0.25) is 4.90 Å². The van der Waals surface area contributed by atoms with Crippen LogP contribution in [0.2, 0.25) is 0 Å². The minimum atomic E-state index is -0.0936. The fourth-order valence-electron chi connectivity index (χ4n) is 2.68. The molecule has 1 aromatic carbocycles. The summed E-state index contributed by atoms with van der Waals surface area (Å²) in [5.74, 6) is 0.838. The van der Waals surface area contributed by atoms with E-state index in [1.807, 2.05) is 19.1 Å². The van der Waals surface area contributed by atoms with Crippen molar-refractivity contribution in [3.63, 3.8) is 0 Å². The van der Waals surface area contributed by atoms with E-state index in [0.717, 1.165) is 30.9 Å². The van der Waals surface area contributed by atoms with Crippen molar-refractivity contribution >= 4 is 0 Å². The van der Waals surface area contributed by atoms with Crippen LogP contribution in [-0.4, -0.2) is 49.0 Å². The first-order valence-electron chi connectivity index (χ1n) is 7.00. The molecule has 2 atom stereocenters. The fourth-order valence-corrected chi connectivity index (χ4v) is 2.68. The molecule has 0 aliphatic carbocycles. The molecule has 1 saturated heterocycles. The van der Waals surface area contributed by atoms with Gasteiger partial charge in [0.25, 0.3) is 0 Å². The molecular weight excluding hydrogens is 256 g/mol. The van der Waals surface area contributed by atoms with Gasteiger partial charge in [-0.05, 0) is 18.6 Å². The van der Waals surface area contributed by atoms with Crippen molar-refractivity contribution < 1.29 is 14.6 Å². The first-order chi connectivity index (χ1) is 9.66. The van der Waals surface area contributed by atoms with Crippen LogP contribution in [0.25, 0.3) is 0 Å². The molecule has 5 heteroatoms. The molecule has 112 valence electrons. The Morgan fingerprint density at radius 3 is 2.90 bits per heavy atom. The van der Waals surface area contributed by atoms with Gasteiger partial charge in [-0.15, -0.1) is 0 Å². The van der Waals surface area contributed by atoms with Crippen molar-refractivity contribution in [3.8, 4) is 5.75 Å². The largest absolute Gasteiger partial charge is 0.496 e. The van der Waals surface area contributed by atoms with Crippen molar-refractivity contribution in [2.75, 3.05) is 26.8 Å². The van der Waals surface area contributed by atoms with Gasteiger partial charge in [0.05, 0.1) is 25.9 Å². The highest BCUT2D eigenvalue weighted by Gasteiger charge is 2.24. The lowest BCUT2D eigenvalue weighted by Crippen LogP contribution is -2.47. The van der Waals surface area contributed by atoms with Gasteiger partial charge in [-0.1, -0.05) is 12.1 Å². The van der Waals surface area contributed by atoms with Gasteiger partial charge in [0.1, 0.15) is 5.75 Å². The van der Waals surface area contributed by atoms with E-state index in [1.165, 1.54) is 5.56 Å². The predicted octanol–water partition coefficient (Wildman–Crippen LogP) is 0.735. The summed E-state index contributed by atoms with van der Waals surface area (Å²) in [5, 5.41) is 9.26. The summed E-state index contributed by atoms with van der Waals surface area (Å²) >= 11 is 0. The van der Waals surface area contributed by atoms with Crippen LogP contribution < -0.4 is 10.5 Å². The van der Waals surface area contributed by atoms with E-state index in [4.69, 9.17) is 15.2 Å². The number of nitrogens with two attached hydrogens (primary N) is 1. The standard InChI is InChI=1S/C15H24N2O3/c1-11-7-17(9-14(10-18)20-11)8-12-3-4-13(6-16)15(5-12)19-2/h3-5,11,14,18H,6-10,16H2,1-2H3. The van der Waals surface area contributed by atoms with Gasteiger partial charge in [0, 0.05) is 31.7 Å². The molecule has 0 amide bonds. The van der Waals surface area contributed by atoms with Crippen LogP contribution in [0.4, 0.5) is 0 Å². The molecule has 0 spiro atoms. The maximum absolute atomic E-state index is 9.26. The van der Waals surface area contributed by atoms with Gasteiger partial charge >= 0.3 is 0 Å². The second kappa shape index (κ2) is 7.04. The van der Waals surface area contributed by atoms with E-state index >= 15 is 0 Å². The van der Waals surface area contributed by atoms with Crippen LogP contribution in [-0.2, 0) is 17.8 Å². The Bertz CT molecular complexity index is 439. The summed E-state index contributed by atoms with van der Waals surface area (Å²) in [6, 6.07) is 6.14. The molecule has 3 N–H and O–H groups in total. The highest BCUT2D eigenvalue weighted by Crippen LogP contribution is 2.22. The molecule has 1 aliphatic rings.